The van der Waals surface area contributed by atoms with Crippen molar-refractivity contribution in [2.75, 3.05) is 0 Å². The van der Waals surface area contributed by atoms with Gasteiger partial charge in [0.25, 0.3) is 0 Å². The van der Waals surface area contributed by atoms with E-state index in [1.54, 1.807) is 25.7 Å². The molecule has 1 aromatic carbocycles. The van der Waals surface area contributed by atoms with E-state index in [1.807, 2.05) is 85.7 Å². The molecule has 0 bridgehead atoms. The van der Waals surface area contributed by atoms with Crippen LogP contribution in [0, 0.1) is 5.92 Å². The van der Waals surface area contributed by atoms with Gasteiger partial charge in [-0.15, -0.1) is 0 Å². The Hall–Kier alpha value is -2.57. The van der Waals surface area contributed by atoms with Crippen LogP contribution in [0.5, 0.6) is 0 Å². The van der Waals surface area contributed by atoms with Crippen molar-refractivity contribution >= 4 is 17.9 Å². The number of rotatable bonds is 8. The number of carbonyl (C=O) groups is 3. The lowest BCUT2D eigenvalue weighted by Crippen LogP contribution is -2.61. The summed E-state index contributed by atoms with van der Waals surface area (Å²) in [6, 6.07) is 7.55. The van der Waals surface area contributed by atoms with Gasteiger partial charge in [-0.25, -0.2) is 4.79 Å². The molecule has 0 aromatic heterocycles. The minimum atomic E-state index is -0.871. The highest BCUT2D eigenvalue weighted by Gasteiger charge is 2.44. The van der Waals surface area contributed by atoms with E-state index in [4.69, 9.17) is 4.74 Å². The molecule has 34 heavy (non-hydrogen) atoms. The van der Waals surface area contributed by atoms with Crippen molar-refractivity contribution in [2.45, 2.75) is 111 Å². The van der Waals surface area contributed by atoms with Gasteiger partial charge in [-0.2, -0.15) is 0 Å². The third kappa shape index (κ3) is 8.65. The first-order valence-electron chi connectivity index (χ1n) is 12.1. The molecule has 1 rings (SSSR count). The second kappa shape index (κ2) is 11.2. The zero-order valence-corrected chi connectivity index (χ0v) is 22.9. The maximum absolute atomic E-state index is 14.2. The molecular formula is C27H45N3O4. The number of nitrogens with zero attached hydrogens (tertiary/aromatic N) is 1. The van der Waals surface area contributed by atoms with Crippen LogP contribution in [0.2, 0.25) is 0 Å². The fourth-order valence-corrected chi connectivity index (χ4v) is 3.53. The molecule has 0 saturated heterocycles. The molecule has 0 aliphatic heterocycles. The molecule has 0 saturated carbocycles. The Labute approximate surface area is 206 Å². The number of hydrogen-bond donors (Lipinski definition) is 2. The van der Waals surface area contributed by atoms with Crippen LogP contribution >= 0.6 is 0 Å². The molecule has 0 spiro atoms. The van der Waals surface area contributed by atoms with Crippen LogP contribution in [0.4, 0.5) is 4.79 Å². The van der Waals surface area contributed by atoms with Crippen molar-refractivity contribution in [3.05, 3.63) is 35.9 Å². The fourth-order valence-electron chi connectivity index (χ4n) is 3.53. The molecule has 2 atom stereocenters. The molecular weight excluding hydrogens is 430 g/mol. The van der Waals surface area contributed by atoms with Gasteiger partial charge < -0.3 is 20.3 Å². The van der Waals surface area contributed by atoms with Crippen molar-refractivity contribution in [3.8, 4) is 0 Å². The Kier molecular flexibility index (Phi) is 9.74. The number of alkyl carbamates (subject to hydrolysis) is 1. The maximum Gasteiger partial charge on any atom is 0.408 e. The molecule has 3 amide bonds. The first-order chi connectivity index (χ1) is 15.4. The summed E-state index contributed by atoms with van der Waals surface area (Å²) < 4.78 is 5.42. The van der Waals surface area contributed by atoms with Gasteiger partial charge in [-0.05, 0) is 73.3 Å². The highest BCUT2D eigenvalue weighted by molar-refractivity contribution is 5.93. The van der Waals surface area contributed by atoms with E-state index >= 15 is 0 Å². The van der Waals surface area contributed by atoms with Crippen LogP contribution in [0.25, 0.3) is 0 Å². The highest BCUT2D eigenvalue weighted by Crippen LogP contribution is 2.33. The minimum absolute atomic E-state index is 0.225. The largest absolute Gasteiger partial charge is 0.444 e. The van der Waals surface area contributed by atoms with Gasteiger partial charge in [0.2, 0.25) is 11.8 Å². The van der Waals surface area contributed by atoms with Gasteiger partial charge in [-0.1, -0.05) is 51.1 Å². The number of nitrogens with one attached hydrogen (secondary N) is 2. The molecule has 0 aliphatic carbocycles. The lowest BCUT2D eigenvalue weighted by Gasteiger charge is -2.45. The molecule has 2 unspecified atom stereocenters. The van der Waals surface area contributed by atoms with Gasteiger partial charge in [0.05, 0.1) is 0 Å². The van der Waals surface area contributed by atoms with Crippen molar-refractivity contribution in [1.82, 2.24) is 15.5 Å². The summed E-state index contributed by atoms with van der Waals surface area (Å²) in [6.07, 6.45) is -0.0496. The first kappa shape index (κ1) is 29.5. The number of benzene rings is 1. The molecule has 7 heteroatoms. The Morgan fingerprint density at radius 1 is 0.941 bits per heavy atom. The van der Waals surface area contributed by atoms with Crippen LogP contribution in [0.3, 0.4) is 0 Å². The summed E-state index contributed by atoms with van der Waals surface area (Å²) in [5.41, 5.74) is -1.15. The van der Waals surface area contributed by atoms with Crippen LogP contribution in [0.15, 0.2) is 30.3 Å². The Morgan fingerprint density at radius 3 is 1.88 bits per heavy atom. The van der Waals surface area contributed by atoms with E-state index in [0.29, 0.717) is 12.0 Å². The standard InChI is InChI=1S/C27H45N3O4/c1-12-27(10,11)30(23(32)20(18(2)3)28-24(33)34-26(7,8)9)21(19-16-14-13-15-17-19)22(31)29-25(4,5)6/h13-18,20-21H,12H2,1-11H3,(H,28,33)(H,29,31). The van der Waals surface area contributed by atoms with E-state index in [1.165, 1.54) is 0 Å². The molecule has 0 fully saturated rings. The van der Waals surface area contributed by atoms with Crippen LogP contribution in [0.1, 0.15) is 94.2 Å². The molecule has 2 N–H and O–H groups in total. The Morgan fingerprint density at radius 2 is 1.47 bits per heavy atom. The summed E-state index contributed by atoms with van der Waals surface area (Å²) in [4.78, 5) is 42.0. The molecule has 1 aromatic rings. The molecule has 0 radical (unpaired) electrons. The van der Waals surface area contributed by atoms with Gasteiger partial charge in [0.1, 0.15) is 17.7 Å². The maximum atomic E-state index is 14.2. The SMILES string of the molecule is CCC(C)(C)N(C(=O)C(NC(=O)OC(C)(C)C)C(C)C)C(C(=O)NC(C)(C)C)c1ccccc1. The normalized spacial score (nSPS) is 14.2. The van der Waals surface area contributed by atoms with Crippen LogP contribution < -0.4 is 10.6 Å². The Bertz CT molecular complexity index is 836. The van der Waals surface area contributed by atoms with E-state index in [2.05, 4.69) is 10.6 Å². The topological polar surface area (TPSA) is 87.7 Å². The quantitative estimate of drug-likeness (QED) is 0.540. The monoisotopic (exact) mass is 475 g/mol. The van der Waals surface area contributed by atoms with Crippen LogP contribution in [-0.2, 0) is 14.3 Å². The highest BCUT2D eigenvalue weighted by atomic mass is 16.6. The number of ether oxygens (including phenoxy) is 1. The van der Waals surface area contributed by atoms with E-state index in [9.17, 15) is 14.4 Å². The fraction of sp³-hybridized carbons (Fsp3) is 0.667. The summed E-state index contributed by atoms with van der Waals surface area (Å²) in [6.45, 7) is 20.6. The second-order valence-corrected chi connectivity index (χ2v) is 11.8. The number of hydrogen-bond acceptors (Lipinski definition) is 4. The zero-order chi connectivity index (χ0) is 26.5. The van der Waals surface area contributed by atoms with E-state index < -0.39 is 34.9 Å². The lowest BCUT2D eigenvalue weighted by atomic mass is 9.90. The predicted octanol–water partition coefficient (Wildman–Crippen LogP) is 5.21. The molecule has 7 nitrogen and oxygen atoms in total. The molecule has 0 aliphatic rings. The summed E-state index contributed by atoms with van der Waals surface area (Å²) in [5.74, 6) is -0.823. The van der Waals surface area contributed by atoms with Gasteiger partial charge in [0, 0.05) is 11.1 Å². The van der Waals surface area contributed by atoms with Gasteiger partial charge in [-0.3, -0.25) is 9.59 Å². The predicted molar refractivity (Wildman–Crippen MR) is 136 cm³/mol. The third-order valence-corrected chi connectivity index (χ3v) is 5.48. The second-order valence-electron chi connectivity index (χ2n) is 11.8. The van der Waals surface area contributed by atoms with Gasteiger partial charge >= 0.3 is 6.09 Å². The zero-order valence-electron chi connectivity index (χ0n) is 22.9. The lowest BCUT2D eigenvalue weighted by molar-refractivity contribution is -0.150. The third-order valence-electron chi connectivity index (χ3n) is 5.48. The minimum Gasteiger partial charge on any atom is -0.444 e. The Balaban J connectivity index is 3.59. The average molecular weight is 476 g/mol. The summed E-state index contributed by atoms with van der Waals surface area (Å²) >= 11 is 0. The van der Waals surface area contributed by atoms with E-state index in [-0.39, 0.29) is 17.7 Å². The molecule has 0 heterocycles. The van der Waals surface area contributed by atoms with Crippen molar-refractivity contribution in [3.63, 3.8) is 0 Å². The van der Waals surface area contributed by atoms with Crippen molar-refractivity contribution in [1.29, 1.82) is 0 Å². The first-order valence-corrected chi connectivity index (χ1v) is 12.1. The summed E-state index contributed by atoms with van der Waals surface area (Å²) in [7, 11) is 0. The van der Waals surface area contributed by atoms with Crippen molar-refractivity contribution in [2.24, 2.45) is 5.92 Å². The van der Waals surface area contributed by atoms with Crippen molar-refractivity contribution < 1.29 is 19.1 Å². The smallest absolute Gasteiger partial charge is 0.408 e. The van der Waals surface area contributed by atoms with E-state index in [0.717, 1.165) is 0 Å². The average Bonchev–Trinajstić information content (AvgIpc) is 2.67. The summed E-state index contributed by atoms with van der Waals surface area (Å²) in [5, 5.41) is 5.80. The van der Waals surface area contributed by atoms with Gasteiger partial charge in [0.15, 0.2) is 0 Å². The molecule has 192 valence electrons. The number of carbonyl (C=O) groups excluding carboxylic acids is 3. The number of amides is 3. The van der Waals surface area contributed by atoms with Crippen LogP contribution in [-0.4, -0.2) is 45.5 Å².